The van der Waals surface area contributed by atoms with E-state index >= 15 is 0 Å². The minimum Gasteiger partial charge on any atom is -0.493 e. The number of rotatable bonds is 5. The summed E-state index contributed by atoms with van der Waals surface area (Å²) in [6.45, 7) is 5.50. The molecule has 26 heavy (non-hydrogen) atoms. The van der Waals surface area contributed by atoms with Crippen LogP contribution in [0.3, 0.4) is 0 Å². The van der Waals surface area contributed by atoms with Gasteiger partial charge in [0.2, 0.25) is 0 Å². The molecule has 0 radical (unpaired) electrons. The fourth-order valence-electron chi connectivity index (χ4n) is 3.18. The number of ether oxygens (including phenoxy) is 2. The second-order valence-corrected chi connectivity index (χ2v) is 6.67. The van der Waals surface area contributed by atoms with Crippen molar-refractivity contribution in [3.63, 3.8) is 0 Å². The molecule has 0 unspecified atom stereocenters. The van der Waals surface area contributed by atoms with Gasteiger partial charge in [0, 0.05) is 31.0 Å². The SMILES string of the molecule is COc1cc2c(cc1OC)CN(c1ccnc(C(=O)NC(C)C)c1)CC2. The highest BCUT2D eigenvalue weighted by atomic mass is 16.5. The summed E-state index contributed by atoms with van der Waals surface area (Å²) >= 11 is 0. The molecule has 0 spiro atoms. The molecule has 0 saturated heterocycles. The molecule has 1 N–H and O–H groups in total. The van der Waals surface area contributed by atoms with Crippen molar-refractivity contribution in [2.75, 3.05) is 25.7 Å². The topological polar surface area (TPSA) is 63.7 Å². The van der Waals surface area contributed by atoms with Crippen LogP contribution in [0.5, 0.6) is 11.5 Å². The van der Waals surface area contributed by atoms with E-state index in [-0.39, 0.29) is 11.9 Å². The summed E-state index contributed by atoms with van der Waals surface area (Å²) in [7, 11) is 3.30. The Labute approximate surface area is 154 Å². The van der Waals surface area contributed by atoms with Gasteiger partial charge in [-0.2, -0.15) is 0 Å². The monoisotopic (exact) mass is 355 g/mol. The number of carbonyl (C=O) groups excluding carboxylic acids is 1. The van der Waals surface area contributed by atoms with Crippen LogP contribution in [0.2, 0.25) is 0 Å². The van der Waals surface area contributed by atoms with Crippen LogP contribution < -0.4 is 19.7 Å². The van der Waals surface area contributed by atoms with E-state index in [1.165, 1.54) is 11.1 Å². The Morgan fingerprint density at radius 2 is 1.85 bits per heavy atom. The first-order chi connectivity index (χ1) is 12.5. The normalized spacial score (nSPS) is 13.3. The summed E-state index contributed by atoms with van der Waals surface area (Å²) in [6.07, 6.45) is 2.60. The van der Waals surface area contributed by atoms with Gasteiger partial charge in [0.05, 0.1) is 14.2 Å². The average Bonchev–Trinajstić information content (AvgIpc) is 2.65. The van der Waals surface area contributed by atoms with Crippen LogP contribution in [-0.2, 0) is 13.0 Å². The number of nitrogens with zero attached hydrogens (tertiary/aromatic N) is 2. The average molecular weight is 355 g/mol. The van der Waals surface area contributed by atoms with Gasteiger partial charge in [-0.3, -0.25) is 9.78 Å². The molecule has 6 nitrogen and oxygen atoms in total. The highest BCUT2D eigenvalue weighted by molar-refractivity contribution is 5.93. The van der Waals surface area contributed by atoms with Gasteiger partial charge in [-0.15, -0.1) is 0 Å². The molecule has 6 heteroatoms. The summed E-state index contributed by atoms with van der Waals surface area (Å²) in [5, 5.41) is 2.88. The van der Waals surface area contributed by atoms with Crippen LogP contribution in [0.15, 0.2) is 30.5 Å². The van der Waals surface area contributed by atoms with Crippen molar-refractivity contribution in [3.05, 3.63) is 47.3 Å². The number of hydrogen-bond donors (Lipinski definition) is 1. The van der Waals surface area contributed by atoms with E-state index in [1.807, 2.05) is 32.0 Å². The van der Waals surface area contributed by atoms with Crippen LogP contribution in [0.4, 0.5) is 5.69 Å². The first-order valence-corrected chi connectivity index (χ1v) is 8.77. The lowest BCUT2D eigenvalue weighted by molar-refractivity contribution is 0.0938. The summed E-state index contributed by atoms with van der Waals surface area (Å²) in [5.74, 6) is 1.35. The lowest BCUT2D eigenvalue weighted by atomic mass is 9.98. The highest BCUT2D eigenvalue weighted by Crippen LogP contribution is 2.34. The van der Waals surface area contributed by atoms with Gasteiger partial charge < -0.3 is 19.7 Å². The Morgan fingerprint density at radius 3 is 2.50 bits per heavy atom. The van der Waals surface area contributed by atoms with E-state index in [4.69, 9.17) is 9.47 Å². The van der Waals surface area contributed by atoms with Crippen LogP contribution in [0.1, 0.15) is 35.5 Å². The molecule has 0 fully saturated rings. The zero-order chi connectivity index (χ0) is 18.7. The molecule has 1 amide bonds. The molecule has 2 aromatic rings. The lowest BCUT2D eigenvalue weighted by Crippen LogP contribution is -2.32. The summed E-state index contributed by atoms with van der Waals surface area (Å²) in [4.78, 5) is 18.7. The third-order valence-electron chi connectivity index (χ3n) is 4.48. The van der Waals surface area contributed by atoms with E-state index < -0.39 is 0 Å². The molecule has 1 aromatic heterocycles. The summed E-state index contributed by atoms with van der Waals surface area (Å²) < 4.78 is 10.8. The maximum absolute atomic E-state index is 12.2. The number of fused-ring (bicyclic) bond motifs is 1. The van der Waals surface area contributed by atoms with E-state index in [9.17, 15) is 4.79 Å². The van der Waals surface area contributed by atoms with Gasteiger partial charge in [0.25, 0.3) is 5.91 Å². The molecule has 1 aliphatic heterocycles. The van der Waals surface area contributed by atoms with E-state index in [1.54, 1.807) is 20.4 Å². The number of hydrogen-bond acceptors (Lipinski definition) is 5. The van der Waals surface area contributed by atoms with E-state index in [2.05, 4.69) is 21.3 Å². The van der Waals surface area contributed by atoms with Gasteiger partial charge >= 0.3 is 0 Å². The lowest BCUT2D eigenvalue weighted by Gasteiger charge is -2.31. The summed E-state index contributed by atoms with van der Waals surface area (Å²) in [6, 6.07) is 7.96. The largest absolute Gasteiger partial charge is 0.493 e. The van der Waals surface area contributed by atoms with Crippen molar-refractivity contribution in [3.8, 4) is 11.5 Å². The summed E-state index contributed by atoms with van der Waals surface area (Å²) in [5.41, 5.74) is 3.91. The van der Waals surface area contributed by atoms with Gasteiger partial charge in [0.15, 0.2) is 11.5 Å². The predicted molar refractivity (Wildman–Crippen MR) is 101 cm³/mol. The zero-order valence-electron chi connectivity index (χ0n) is 15.7. The van der Waals surface area contributed by atoms with Gasteiger partial charge in [0.1, 0.15) is 5.69 Å². The Balaban J connectivity index is 1.83. The van der Waals surface area contributed by atoms with E-state index in [0.29, 0.717) is 5.69 Å². The number of methoxy groups -OCH3 is 2. The molecule has 1 aromatic carbocycles. The number of aromatic nitrogens is 1. The van der Waals surface area contributed by atoms with Crippen LogP contribution in [0.25, 0.3) is 0 Å². The maximum Gasteiger partial charge on any atom is 0.270 e. The number of pyridine rings is 1. The highest BCUT2D eigenvalue weighted by Gasteiger charge is 2.20. The maximum atomic E-state index is 12.2. The number of anilines is 1. The van der Waals surface area contributed by atoms with Crippen LogP contribution >= 0.6 is 0 Å². The predicted octanol–water partition coefficient (Wildman–Crippen LogP) is 2.80. The quantitative estimate of drug-likeness (QED) is 0.893. The fraction of sp³-hybridized carbons (Fsp3) is 0.400. The molecule has 0 aliphatic carbocycles. The first-order valence-electron chi connectivity index (χ1n) is 8.77. The zero-order valence-corrected chi connectivity index (χ0v) is 15.7. The molecule has 3 rings (SSSR count). The molecular formula is C20H25N3O3. The molecule has 0 atom stereocenters. The molecule has 2 heterocycles. The van der Waals surface area contributed by atoms with Crippen molar-refractivity contribution < 1.29 is 14.3 Å². The molecule has 0 bridgehead atoms. The molecule has 138 valence electrons. The van der Waals surface area contributed by atoms with Gasteiger partial charge in [-0.05, 0) is 55.7 Å². The van der Waals surface area contributed by atoms with Crippen molar-refractivity contribution >= 4 is 11.6 Å². The molecular weight excluding hydrogens is 330 g/mol. The fourth-order valence-corrected chi connectivity index (χ4v) is 3.18. The minimum absolute atomic E-state index is 0.0808. The first kappa shape index (κ1) is 18.0. The van der Waals surface area contributed by atoms with E-state index in [0.717, 1.165) is 36.7 Å². The minimum atomic E-state index is -0.148. The van der Waals surface area contributed by atoms with Gasteiger partial charge in [-0.1, -0.05) is 0 Å². The number of nitrogens with one attached hydrogen (secondary N) is 1. The van der Waals surface area contributed by atoms with Crippen molar-refractivity contribution in [1.82, 2.24) is 10.3 Å². The Morgan fingerprint density at radius 1 is 1.15 bits per heavy atom. The van der Waals surface area contributed by atoms with Crippen molar-refractivity contribution in [1.29, 1.82) is 0 Å². The Bertz CT molecular complexity index is 805. The Kier molecular flexibility index (Phi) is 5.30. The number of benzene rings is 1. The third kappa shape index (κ3) is 3.74. The van der Waals surface area contributed by atoms with Crippen molar-refractivity contribution in [2.45, 2.75) is 32.9 Å². The van der Waals surface area contributed by atoms with Crippen LogP contribution in [-0.4, -0.2) is 37.7 Å². The third-order valence-corrected chi connectivity index (χ3v) is 4.48. The molecule has 0 saturated carbocycles. The number of amides is 1. The van der Waals surface area contributed by atoms with Crippen molar-refractivity contribution in [2.24, 2.45) is 0 Å². The van der Waals surface area contributed by atoms with Gasteiger partial charge in [-0.25, -0.2) is 0 Å². The molecule has 1 aliphatic rings. The second-order valence-electron chi connectivity index (χ2n) is 6.67. The standard InChI is InChI=1S/C20H25N3O3/c1-13(2)22-20(24)17-11-16(5-7-21-17)23-8-6-14-9-18(25-3)19(26-4)10-15(14)12-23/h5,7,9-11,13H,6,8,12H2,1-4H3,(H,22,24). The smallest absolute Gasteiger partial charge is 0.270 e. The Hall–Kier alpha value is -2.76. The second kappa shape index (κ2) is 7.64. The van der Waals surface area contributed by atoms with Crippen LogP contribution in [0, 0.1) is 0 Å². The number of carbonyl (C=O) groups is 1.